The molecule has 2 N–H and O–H groups in total. The largest absolute Gasteiger partial charge is 0.325 e. The Morgan fingerprint density at radius 1 is 0.897 bits per heavy atom. The molecule has 3 aromatic carbocycles. The average Bonchev–Trinajstić information content (AvgIpc) is 2.71. The van der Waals surface area contributed by atoms with Crippen molar-refractivity contribution in [2.45, 2.75) is 18.7 Å². The van der Waals surface area contributed by atoms with Crippen molar-refractivity contribution in [3.8, 4) is 0 Å². The summed E-state index contributed by atoms with van der Waals surface area (Å²) in [6.45, 7) is 3.85. The zero-order valence-electron chi connectivity index (χ0n) is 16.2. The van der Waals surface area contributed by atoms with E-state index in [0.717, 1.165) is 21.7 Å². The van der Waals surface area contributed by atoms with Crippen molar-refractivity contribution in [2.75, 3.05) is 16.4 Å². The molecule has 0 atom stereocenters. The normalized spacial score (nSPS) is 10.4. The molecule has 4 nitrogen and oxygen atoms in total. The third-order valence-electron chi connectivity index (χ3n) is 4.34. The molecule has 0 spiro atoms. The molecule has 0 heterocycles. The molecule has 0 unspecified atom stereocenters. The summed E-state index contributed by atoms with van der Waals surface area (Å²) in [6, 6.07) is 20.3. The fraction of sp³-hybridized carbons (Fsp3) is 0.130. The smallest absolute Gasteiger partial charge is 0.255 e. The zero-order chi connectivity index (χ0) is 20.8. The number of carbonyl (C=O) groups is 2. The van der Waals surface area contributed by atoms with Crippen LogP contribution in [0.4, 0.5) is 11.4 Å². The minimum atomic E-state index is -0.151. The molecule has 0 radical (unpaired) electrons. The lowest BCUT2D eigenvalue weighted by Gasteiger charge is -2.10. The van der Waals surface area contributed by atoms with Crippen LogP contribution in [-0.4, -0.2) is 17.6 Å². The summed E-state index contributed by atoms with van der Waals surface area (Å²) in [6.07, 6.45) is 0. The van der Waals surface area contributed by atoms with Crippen molar-refractivity contribution in [3.05, 3.63) is 88.4 Å². The molecular formula is C23H21ClN2O2S. The predicted octanol–water partition coefficient (Wildman–Crippen LogP) is 5.94. The quantitative estimate of drug-likeness (QED) is 0.481. The Morgan fingerprint density at radius 2 is 1.59 bits per heavy atom. The molecule has 0 aliphatic rings. The number of anilines is 2. The molecule has 3 aromatic rings. The number of aryl methyl sites for hydroxylation is 1. The summed E-state index contributed by atoms with van der Waals surface area (Å²) in [5.74, 6) is 0.0277. The second-order valence-corrected chi connectivity index (χ2v) is 8.05. The number of hydrogen-bond acceptors (Lipinski definition) is 3. The van der Waals surface area contributed by atoms with E-state index >= 15 is 0 Å². The summed E-state index contributed by atoms with van der Waals surface area (Å²) in [7, 11) is 0. The maximum absolute atomic E-state index is 12.3. The van der Waals surface area contributed by atoms with Gasteiger partial charge in [0.05, 0.1) is 5.75 Å². The van der Waals surface area contributed by atoms with Gasteiger partial charge >= 0.3 is 0 Å². The van der Waals surface area contributed by atoms with Crippen LogP contribution in [0.15, 0.2) is 71.6 Å². The first-order chi connectivity index (χ1) is 13.9. The molecule has 0 bridgehead atoms. The van der Waals surface area contributed by atoms with Gasteiger partial charge in [-0.2, -0.15) is 0 Å². The van der Waals surface area contributed by atoms with Gasteiger partial charge in [0, 0.05) is 26.9 Å². The SMILES string of the molecule is Cc1ccc(C(=O)Nc2ccc(SCC(=O)Nc3cccc(Cl)c3C)cc2)cc1. The average molecular weight is 425 g/mol. The molecular weight excluding hydrogens is 404 g/mol. The number of amides is 2. The number of nitrogens with one attached hydrogen (secondary N) is 2. The maximum Gasteiger partial charge on any atom is 0.255 e. The Bertz CT molecular complexity index is 1020. The number of benzene rings is 3. The Labute approximate surface area is 179 Å². The zero-order valence-corrected chi connectivity index (χ0v) is 17.7. The summed E-state index contributed by atoms with van der Waals surface area (Å²) >= 11 is 7.51. The van der Waals surface area contributed by atoms with Gasteiger partial charge in [-0.05, 0) is 67.9 Å². The number of thioether (sulfide) groups is 1. The van der Waals surface area contributed by atoms with Gasteiger partial charge in [0.2, 0.25) is 5.91 Å². The minimum absolute atomic E-state index is 0.0999. The molecule has 0 aromatic heterocycles. The summed E-state index contributed by atoms with van der Waals surface area (Å²) < 4.78 is 0. The lowest BCUT2D eigenvalue weighted by molar-refractivity contribution is -0.113. The fourth-order valence-corrected chi connectivity index (χ4v) is 3.49. The van der Waals surface area contributed by atoms with Crippen LogP contribution in [0, 0.1) is 13.8 Å². The van der Waals surface area contributed by atoms with Gasteiger partial charge in [0.25, 0.3) is 5.91 Å². The summed E-state index contributed by atoms with van der Waals surface area (Å²) in [4.78, 5) is 25.4. The van der Waals surface area contributed by atoms with Crippen molar-refractivity contribution >= 4 is 46.6 Å². The Hall–Kier alpha value is -2.76. The molecule has 0 aliphatic carbocycles. The van der Waals surface area contributed by atoms with E-state index in [1.54, 1.807) is 18.2 Å². The molecule has 29 heavy (non-hydrogen) atoms. The van der Waals surface area contributed by atoms with Crippen LogP contribution in [0.1, 0.15) is 21.5 Å². The highest BCUT2D eigenvalue weighted by atomic mass is 35.5. The van der Waals surface area contributed by atoms with E-state index in [4.69, 9.17) is 11.6 Å². The van der Waals surface area contributed by atoms with Gasteiger partial charge in [-0.25, -0.2) is 0 Å². The van der Waals surface area contributed by atoms with Crippen molar-refractivity contribution in [1.29, 1.82) is 0 Å². The highest BCUT2D eigenvalue weighted by Gasteiger charge is 2.09. The second kappa shape index (κ2) is 9.63. The molecule has 0 saturated carbocycles. The van der Waals surface area contributed by atoms with Crippen LogP contribution < -0.4 is 10.6 Å². The minimum Gasteiger partial charge on any atom is -0.325 e. The number of hydrogen-bond donors (Lipinski definition) is 2. The van der Waals surface area contributed by atoms with Crippen molar-refractivity contribution in [3.63, 3.8) is 0 Å². The van der Waals surface area contributed by atoms with E-state index in [0.29, 0.717) is 16.3 Å². The first-order valence-corrected chi connectivity index (χ1v) is 10.4. The molecule has 3 rings (SSSR count). The molecule has 0 fully saturated rings. The maximum atomic E-state index is 12.3. The second-order valence-electron chi connectivity index (χ2n) is 6.59. The van der Waals surface area contributed by atoms with Gasteiger partial charge in [0.1, 0.15) is 0 Å². The topological polar surface area (TPSA) is 58.2 Å². The van der Waals surface area contributed by atoms with E-state index in [-0.39, 0.29) is 17.6 Å². The molecule has 2 amide bonds. The van der Waals surface area contributed by atoms with Gasteiger partial charge in [0.15, 0.2) is 0 Å². The third kappa shape index (κ3) is 5.86. The van der Waals surface area contributed by atoms with Gasteiger partial charge in [-0.1, -0.05) is 35.4 Å². The Morgan fingerprint density at radius 3 is 2.28 bits per heavy atom. The summed E-state index contributed by atoms with van der Waals surface area (Å²) in [5, 5.41) is 6.38. The van der Waals surface area contributed by atoms with Crippen molar-refractivity contribution in [1.82, 2.24) is 0 Å². The van der Waals surface area contributed by atoms with Crippen LogP contribution in [-0.2, 0) is 4.79 Å². The standard InChI is InChI=1S/C23H21ClN2O2S/c1-15-6-8-17(9-7-15)23(28)25-18-10-12-19(13-11-18)29-14-22(27)26-21-5-3-4-20(24)16(21)2/h3-13H,14H2,1-2H3,(H,25,28)(H,26,27). The lowest BCUT2D eigenvalue weighted by Crippen LogP contribution is -2.14. The Kier molecular flexibility index (Phi) is 6.96. The van der Waals surface area contributed by atoms with E-state index in [9.17, 15) is 9.59 Å². The fourth-order valence-electron chi connectivity index (χ4n) is 2.62. The molecule has 6 heteroatoms. The van der Waals surface area contributed by atoms with Crippen LogP contribution in [0.3, 0.4) is 0 Å². The highest BCUT2D eigenvalue weighted by molar-refractivity contribution is 8.00. The van der Waals surface area contributed by atoms with Gasteiger partial charge < -0.3 is 10.6 Å². The Balaban J connectivity index is 1.52. The third-order valence-corrected chi connectivity index (χ3v) is 5.76. The molecule has 148 valence electrons. The van der Waals surface area contributed by atoms with Crippen LogP contribution in [0.5, 0.6) is 0 Å². The van der Waals surface area contributed by atoms with Gasteiger partial charge in [-0.3, -0.25) is 9.59 Å². The van der Waals surface area contributed by atoms with Crippen LogP contribution >= 0.6 is 23.4 Å². The highest BCUT2D eigenvalue weighted by Crippen LogP contribution is 2.24. The predicted molar refractivity (Wildman–Crippen MR) is 121 cm³/mol. The van der Waals surface area contributed by atoms with E-state index in [1.807, 2.05) is 62.4 Å². The summed E-state index contributed by atoms with van der Waals surface area (Å²) in [5.41, 5.74) is 4.00. The molecule has 0 saturated heterocycles. The van der Waals surface area contributed by atoms with E-state index in [2.05, 4.69) is 10.6 Å². The first kappa shape index (κ1) is 21.0. The van der Waals surface area contributed by atoms with Gasteiger partial charge in [-0.15, -0.1) is 11.8 Å². The first-order valence-electron chi connectivity index (χ1n) is 9.08. The number of halogens is 1. The van der Waals surface area contributed by atoms with Crippen molar-refractivity contribution < 1.29 is 9.59 Å². The molecule has 0 aliphatic heterocycles. The monoisotopic (exact) mass is 424 g/mol. The van der Waals surface area contributed by atoms with E-state index in [1.165, 1.54) is 11.8 Å². The number of rotatable bonds is 6. The lowest BCUT2D eigenvalue weighted by atomic mass is 10.1. The van der Waals surface area contributed by atoms with Crippen molar-refractivity contribution in [2.24, 2.45) is 0 Å². The number of carbonyl (C=O) groups excluding carboxylic acids is 2. The van der Waals surface area contributed by atoms with E-state index < -0.39 is 0 Å². The van der Waals surface area contributed by atoms with Crippen LogP contribution in [0.2, 0.25) is 5.02 Å². The van der Waals surface area contributed by atoms with Crippen LogP contribution in [0.25, 0.3) is 0 Å².